The van der Waals surface area contributed by atoms with Crippen molar-refractivity contribution in [3.8, 4) is 0 Å². The van der Waals surface area contributed by atoms with E-state index >= 15 is 0 Å². The van der Waals surface area contributed by atoms with Crippen LogP contribution >= 0.6 is 22.9 Å². The number of hydrogen-bond acceptors (Lipinski definition) is 5. The van der Waals surface area contributed by atoms with E-state index in [0.717, 1.165) is 46.4 Å². The number of thiazole rings is 1. The molecular formula is C19H18ClN3O2S2. The number of hydrogen-bond donors (Lipinski definition) is 1. The molecule has 1 aliphatic rings. The molecule has 0 saturated carbocycles. The maximum Gasteiger partial charge on any atom is 0.238 e. The van der Waals surface area contributed by atoms with Gasteiger partial charge in [-0.2, -0.15) is 0 Å². The normalized spacial score (nSPS) is 13.8. The first-order chi connectivity index (χ1) is 12.9. The number of nitrogens with zero attached hydrogens (tertiary/aromatic N) is 2. The van der Waals surface area contributed by atoms with Gasteiger partial charge in [-0.1, -0.05) is 23.7 Å². The third-order valence-corrected chi connectivity index (χ3v) is 6.65. The predicted molar refractivity (Wildman–Crippen MR) is 109 cm³/mol. The molecule has 27 heavy (non-hydrogen) atoms. The number of fused-ring (bicyclic) bond motifs is 1. The zero-order valence-corrected chi connectivity index (χ0v) is 16.8. The first kappa shape index (κ1) is 18.4. The fourth-order valence-electron chi connectivity index (χ4n) is 3.26. The van der Waals surface area contributed by atoms with Crippen LogP contribution in [0.2, 0.25) is 5.02 Å². The van der Waals surface area contributed by atoms with Gasteiger partial charge < -0.3 is 4.90 Å². The smallest absolute Gasteiger partial charge is 0.238 e. The van der Waals surface area contributed by atoms with Crippen molar-refractivity contribution in [2.45, 2.75) is 24.3 Å². The third-order valence-electron chi connectivity index (χ3n) is 4.59. The number of nitrogens with two attached hydrogens (primary N) is 1. The van der Waals surface area contributed by atoms with Gasteiger partial charge in [0.2, 0.25) is 10.0 Å². The van der Waals surface area contributed by atoms with Gasteiger partial charge in [-0.15, -0.1) is 11.3 Å². The molecule has 2 aromatic carbocycles. The van der Waals surface area contributed by atoms with Crippen LogP contribution in [0, 0.1) is 0 Å². The number of benzene rings is 2. The van der Waals surface area contributed by atoms with Gasteiger partial charge in [0.1, 0.15) is 0 Å². The highest BCUT2D eigenvalue weighted by molar-refractivity contribution is 7.89. The molecule has 0 fully saturated rings. The number of aromatic nitrogens is 1. The van der Waals surface area contributed by atoms with E-state index in [1.807, 2.05) is 30.3 Å². The zero-order valence-electron chi connectivity index (χ0n) is 14.4. The number of halogens is 1. The van der Waals surface area contributed by atoms with Crippen molar-refractivity contribution >= 4 is 38.6 Å². The fraction of sp³-hybridized carbons (Fsp3) is 0.211. The third kappa shape index (κ3) is 4.16. The Kier molecular flexibility index (Phi) is 4.94. The molecule has 2 heterocycles. The Bertz CT molecular complexity index is 1080. The molecule has 0 bridgehead atoms. The molecule has 0 amide bonds. The second-order valence-corrected chi connectivity index (χ2v) is 9.48. The molecular weight excluding hydrogens is 402 g/mol. The summed E-state index contributed by atoms with van der Waals surface area (Å²) in [6.07, 6.45) is 1.59. The van der Waals surface area contributed by atoms with Gasteiger partial charge in [0, 0.05) is 29.1 Å². The molecule has 5 nitrogen and oxygen atoms in total. The summed E-state index contributed by atoms with van der Waals surface area (Å²) in [5.41, 5.74) is 4.27. The minimum Gasteiger partial charge on any atom is -0.365 e. The van der Waals surface area contributed by atoms with Crippen LogP contribution in [0.1, 0.15) is 21.8 Å². The van der Waals surface area contributed by atoms with Crippen LogP contribution in [-0.4, -0.2) is 19.9 Å². The van der Waals surface area contributed by atoms with Gasteiger partial charge in [-0.05, 0) is 47.9 Å². The molecule has 2 N–H and O–H groups in total. The van der Waals surface area contributed by atoms with Crippen LogP contribution in [0.4, 0.5) is 5.69 Å². The van der Waals surface area contributed by atoms with Gasteiger partial charge >= 0.3 is 0 Å². The number of rotatable bonds is 5. The Morgan fingerprint density at radius 2 is 1.96 bits per heavy atom. The Hall–Kier alpha value is -1.93. The van der Waals surface area contributed by atoms with Crippen molar-refractivity contribution in [1.29, 1.82) is 0 Å². The van der Waals surface area contributed by atoms with Crippen molar-refractivity contribution < 1.29 is 8.42 Å². The molecule has 1 aromatic heterocycles. The van der Waals surface area contributed by atoms with Crippen molar-refractivity contribution in [3.63, 3.8) is 0 Å². The molecule has 3 aromatic rings. The lowest BCUT2D eigenvalue weighted by Gasteiger charge is -2.18. The van der Waals surface area contributed by atoms with E-state index < -0.39 is 10.0 Å². The predicted octanol–water partition coefficient (Wildman–Crippen LogP) is 3.60. The first-order valence-corrected chi connectivity index (χ1v) is 11.3. The van der Waals surface area contributed by atoms with Gasteiger partial charge in [-0.25, -0.2) is 18.5 Å². The summed E-state index contributed by atoms with van der Waals surface area (Å²) >= 11 is 7.58. The molecule has 140 valence electrons. The maximum absolute atomic E-state index is 11.5. The minimum absolute atomic E-state index is 0.169. The van der Waals surface area contributed by atoms with E-state index in [1.54, 1.807) is 23.5 Å². The molecule has 4 rings (SSSR count). The molecule has 0 radical (unpaired) electrons. The lowest BCUT2D eigenvalue weighted by molar-refractivity contribution is 0.597. The number of primary sulfonamides is 1. The Morgan fingerprint density at radius 3 is 2.70 bits per heavy atom. The lowest BCUT2D eigenvalue weighted by Crippen LogP contribution is -2.20. The van der Waals surface area contributed by atoms with Crippen molar-refractivity contribution in [1.82, 2.24) is 4.98 Å². The van der Waals surface area contributed by atoms with E-state index in [-0.39, 0.29) is 4.90 Å². The summed E-state index contributed by atoms with van der Waals surface area (Å²) < 4.78 is 23.0. The maximum atomic E-state index is 11.5. The fourth-order valence-corrected chi connectivity index (χ4v) is 4.77. The van der Waals surface area contributed by atoms with Crippen LogP contribution in [-0.2, 0) is 29.4 Å². The van der Waals surface area contributed by atoms with E-state index in [1.165, 1.54) is 5.56 Å². The first-order valence-electron chi connectivity index (χ1n) is 8.47. The highest BCUT2D eigenvalue weighted by Gasteiger charge is 2.22. The zero-order chi connectivity index (χ0) is 19.0. The average Bonchev–Trinajstić information content (AvgIpc) is 3.23. The highest BCUT2D eigenvalue weighted by atomic mass is 35.5. The van der Waals surface area contributed by atoms with Gasteiger partial charge in [0.25, 0.3) is 0 Å². The summed E-state index contributed by atoms with van der Waals surface area (Å²) in [7, 11) is -3.67. The quantitative estimate of drug-likeness (QED) is 0.685. The van der Waals surface area contributed by atoms with Gasteiger partial charge in [0.15, 0.2) is 0 Å². The minimum atomic E-state index is -3.67. The Balaban J connectivity index is 1.47. The van der Waals surface area contributed by atoms with Crippen LogP contribution in [0.15, 0.2) is 52.7 Å². The topological polar surface area (TPSA) is 76.3 Å². The molecule has 0 aliphatic carbocycles. The summed E-state index contributed by atoms with van der Waals surface area (Å²) in [6.45, 7) is 1.55. The second-order valence-electron chi connectivity index (χ2n) is 6.54. The van der Waals surface area contributed by atoms with Crippen molar-refractivity contribution in [3.05, 3.63) is 74.7 Å². The van der Waals surface area contributed by atoms with E-state index in [4.69, 9.17) is 21.7 Å². The lowest BCUT2D eigenvalue weighted by atomic mass is 10.2. The van der Waals surface area contributed by atoms with Crippen LogP contribution in [0.3, 0.4) is 0 Å². The monoisotopic (exact) mass is 419 g/mol. The number of sulfonamides is 1. The SMILES string of the molecule is NS(=O)(=O)c1ccc2c(c1)CCN2Cc1csc(Cc2ccc(Cl)cc2)n1. The molecule has 0 atom stereocenters. The summed E-state index contributed by atoms with van der Waals surface area (Å²) in [5.74, 6) is 0. The molecule has 0 unspecified atom stereocenters. The highest BCUT2D eigenvalue weighted by Crippen LogP contribution is 2.31. The standard InChI is InChI=1S/C19H18ClN3O2S2/c20-15-3-1-13(2-4-15)9-19-22-16(12-26-19)11-23-8-7-14-10-17(27(21,24)25)5-6-18(14)23/h1-6,10,12H,7-9,11H2,(H2,21,24,25). The largest absolute Gasteiger partial charge is 0.365 e. The van der Waals surface area contributed by atoms with Crippen LogP contribution in [0.5, 0.6) is 0 Å². The summed E-state index contributed by atoms with van der Waals surface area (Å²) in [4.78, 5) is 7.14. The molecule has 0 saturated heterocycles. The number of anilines is 1. The molecule has 1 aliphatic heterocycles. The van der Waals surface area contributed by atoms with Crippen LogP contribution in [0.25, 0.3) is 0 Å². The Labute approximate surface area is 167 Å². The van der Waals surface area contributed by atoms with Gasteiger partial charge in [-0.3, -0.25) is 0 Å². The molecule has 8 heteroatoms. The second kappa shape index (κ2) is 7.24. The molecule has 0 spiro atoms. The summed E-state index contributed by atoms with van der Waals surface area (Å²) in [6, 6.07) is 12.9. The Morgan fingerprint density at radius 1 is 1.19 bits per heavy atom. The van der Waals surface area contributed by atoms with E-state index in [0.29, 0.717) is 6.54 Å². The van der Waals surface area contributed by atoms with Crippen LogP contribution < -0.4 is 10.0 Å². The average molecular weight is 420 g/mol. The van der Waals surface area contributed by atoms with E-state index in [9.17, 15) is 8.42 Å². The summed E-state index contributed by atoms with van der Waals surface area (Å²) in [5, 5.41) is 9.11. The van der Waals surface area contributed by atoms with Gasteiger partial charge in [0.05, 0.1) is 22.1 Å². The van der Waals surface area contributed by atoms with Crippen molar-refractivity contribution in [2.75, 3.05) is 11.4 Å². The van der Waals surface area contributed by atoms with E-state index in [2.05, 4.69) is 10.3 Å². The van der Waals surface area contributed by atoms with Crippen molar-refractivity contribution in [2.24, 2.45) is 5.14 Å².